The molecular weight excluding hydrogens is 310 g/mol. The van der Waals surface area contributed by atoms with E-state index in [0.717, 1.165) is 11.1 Å². The third-order valence-electron chi connectivity index (χ3n) is 2.93. The van der Waals surface area contributed by atoms with Gasteiger partial charge in [0, 0.05) is 0 Å². The van der Waals surface area contributed by atoms with Gasteiger partial charge in [-0.05, 0) is 48.2 Å². The van der Waals surface area contributed by atoms with Crippen LogP contribution in [0.5, 0.6) is 5.75 Å². The molecule has 1 heterocycles. The number of hydrogen-bond acceptors (Lipinski definition) is 4. The molecule has 0 saturated carbocycles. The molecule has 112 valence electrons. The van der Waals surface area contributed by atoms with Crippen molar-refractivity contribution < 1.29 is 12.6 Å². The normalized spacial score (nSPS) is 11.7. The van der Waals surface area contributed by atoms with Crippen LogP contribution in [0.3, 0.4) is 0 Å². The number of aryl methyl sites for hydroxylation is 1. The van der Waals surface area contributed by atoms with Gasteiger partial charge in [0.05, 0.1) is 6.20 Å². The Bertz CT molecular complexity index is 740. The smallest absolute Gasteiger partial charge is 0.340 e. The molecule has 0 radical (unpaired) electrons. The lowest BCUT2D eigenvalue weighted by Crippen LogP contribution is -2.10. The van der Waals surface area contributed by atoms with Gasteiger partial charge < -0.3 is 4.18 Å². The Labute approximate surface area is 129 Å². The zero-order chi connectivity index (χ0) is 15.6. The lowest BCUT2D eigenvalue weighted by molar-refractivity contribution is 0.485. The van der Waals surface area contributed by atoms with Gasteiger partial charge in [-0.1, -0.05) is 31.5 Å². The van der Waals surface area contributed by atoms with Crippen molar-refractivity contribution in [2.75, 3.05) is 0 Å². The number of hydrogen-bond donors (Lipinski definition) is 0. The largest absolute Gasteiger partial charge is 0.379 e. The summed E-state index contributed by atoms with van der Waals surface area (Å²) < 4.78 is 29.6. The summed E-state index contributed by atoms with van der Waals surface area (Å²) >= 11 is 5.65. The van der Waals surface area contributed by atoms with Crippen molar-refractivity contribution in [2.24, 2.45) is 0 Å². The number of aromatic nitrogens is 1. The molecule has 6 heteroatoms. The highest BCUT2D eigenvalue weighted by Gasteiger charge is 2.18. The number of halogens is 1. The lowest BCUT2D eigenvalue weighted by Gasteiger charge is -2.11. The average molecular weight is 326 g/mol. The molecule has 0 bridgehead atoms. The number of rotatable bonds is 4. The summed E-state index contributed by atoms with van der Waals surface area (Å²) in [6, 6.07) is 8.21. The van der Waals surface area contributed by atoms with Crippen LogP contribution in [-0.2, 0) is 10.1 Å². The minimum atomic E-state index is -3.91. The Balaban J connectivity index is 2.34. The van der Waals surface area contributed by atoms with E-state index < -0.39 is 10.1 Å². The van der Waals surface area contributed by atoms with E-state index in [1.165, 1.54) is 18.3 Å². The number of benzene rings is 1. The molecule has 4 nitrogen and oxygen atoms in total. The van der Waals surface area contributed by atoms with Gasteiger partial charge in [0.2, 0.25) is 0 Å². The van der Waals surface area contributed by atoms with Crippen molar-refractivity contribution in [3.05, 3.63) is 52.8 Å². The molecular formula is C15H16ClNO3S. The second-order valence-electron chi connectivity index (χ2n) is 5.09. The molecule has 2 rings (SSSR count). The summed E-state index contributed by atoms with van der Waals surface area (Å²) in [6.45, 7) is 5.97. The maximum absolute atomic E-state index is 12.2. The molecule has 0 amide bonds. The fourth-order valence-corrected chi connectivity index (χ4v) is 2.82. The van der Waals surface area contributed by atoms with Crippen molar-refractivity contribution in [1.82, 2.24) is 4.98 Å². The quantitative estimate of drug-likeness (QED) is 0.631. The van der Waals surface area contributed by atoms with Gasteiger partial charge >= 0.3 is 10.1 Å². The first-order valence-corrected chi connectivity index (χ1v) is 8.24. The fourth-order valence-electron chi connectivity index (χ4n) is 1.84. The average Bonchev–Trinajstić information content (AvgIpc) is 2.37. The molecule has 0 saturated heterocycles. The van der Waals surface area contributed by atoms with Crippen LogP contribution in [-0.4, -0.2) is 13.4 Å². The molecule has 0 spiro atoms. The molecule has 0 fully saturated rings. The molecule has 0 aliphatic rings. The Hall–Kier alpha value is -1.59. The third kappa shape index (κ3) is 3.95. The van der Waals surface area contributed by atoms with Crippen LogP contribution in [0.1, 0.15) is 30.9 Å². The Morgan fingerprint density at radius 3 is 2.48 bits per heavy atom. The van der Waals surface area contributed by atoms with Crippen LogP contribution in [0.15, 0.2) is 41.4 Å². The van der Waals surface area contributed by atoms with E-state index in [1.807, 2.05) is 26.8 Å². The van der Waals surface area contributed by atoms with Crippen LogP contribution in [0.2, 0.25) is 5.15 Å². The van der Waals surface area contributed by atoms with Crippen LogP contribution in [0.25, 0.3) is 0 Å². The van der Waals surface area contributed by atoms with Crippen molar-refractivity contribution >= 4 is 21.7 Å². The summed E-state index contributed by atoms with van der Waals surface area (Å²) in [6.07, 6.45) is 1.18. The van der Waals surface area contributed by atoms with E-state index in [4.69, 9.17) is 15.8 Å². The second-order valence-corrected chi connectivity index (χ2v) is 7.02. The van der Waals surface area contributed by atoms with Gasteiger partial charge in [0.15, 0.2) is 0 Å². The first-order valence-electron chi connectivity index (χ1n) is 6.45. The van der Waals surface area contributed by atoms with Crippen molar-refractivity contribution in [2.45, 2.75) is 31.6 Å². The van der Waals surface area contributed by atoms with E-state index >= 15 is 0 Å². The Kier molecular flexibility index (Phi) is 4.54. The van der Waals surface area contributed by atoms with E-state index in [9.17, 15) is 8.42 Å². The van der Waals surface area contributed by atoms with E-state index in [1.54, 1.807) is 12.1 Å². The second kappa shape index (κ2) is 6.03. The SMILES string of the molecule is Cc1cc(OS(=O)(=O)c2ccc(Cl)nc2)cc(C(C)C)c1. The molecule has 2 aromatic rings. The number of nitrogens with zero attached hydrogens (tertiary/aromatic N) is 1. The minimum Gasteiger partial charge on any atom is -0.379 e. The zero-order valence-electron chi connectivity index (χ0n) is 12.0. The molecule has 1 aromatic carbocycles. The maximum atomic E-state index is 12.2. The molecule has 0 unspecified atom stereocenters. The van der Waals surface area contributed by atoms with Gasteiger partial charge in [-0.25, -0.2) is 4.98 Å². The van der Waals surface area contributed by atoms with Gasteiger partial charge in [0.25, 0.3) is 0 Å². The van der Waals surface area contributed by atoms with E-state index in [2.05, 4.69) is 4.98 Å². The summed E-state index contributed by atoms with van der Waals surface area (Å²) in [7, 11) is -3.91. The summed E-state index contributed by atoms with van der Waals surface area (Å²) in [5.41, 5.74) is 1.97. The van der Waals surface area contributed by atoms with E-state index in [0.29, 0.717) is 5.75 Å². The fraction of sp³-hybridized carbons (Fsp3) is 0.267. The van der Waals surface area contributed by atoms with Crippen molar-refractivity contribution in [1.29, 1.82) is 0 Å². The van der Waals surface area contributed by atoms with Crippen molar-refractivity contribution in [3.8, 4) is 5.75 Å². The predicted molar refractivity (Wildman–Crippen MR) is 82.3 cm³/mol. The number of pyridine rings is 1. The van der Waals surface area contributed by atoms with Crippen LogP contribution in [0, 0.1) is 6.92 Å². The summed E-state index contributed by atoms with van der Waals surface area (Å²) in [4.78, 5) is 3.73. The molecule has 0 aliphatic heterocycles. The first kappa shape index (κ1) is 15.8. The van der Waals surface area contributed by atoms with Gasteiger partial charge in [-0.2, -0.15) is 8.42 Å². The standard InChI is InChI=1S/C15H16ClNO3S/c1-10(2)12-6-11(3)7-13(8-12)20-21(18,19)14-4-5-15(16)17-9-14/h4-10H,1-3H3. The summed E-state index contributed by atoms with van der Waals surface area (Å²) in [5, 5.41) is 0.228. The van der Waals surface area contributed by atoms with Crippen LogP contribution >= 0.6 is 11.6 Å². The lowest BCUT2D eigenvalue weighted by atomic mass is 10.0. The van der Waals surface area contributed by atoms with Crippen LogP contribution in [0.4, 0.5) is 0 Å². The van der Waals surface area contributed by atoms with E-state index in [-0.39, 0.29) is 16.0 Å². The molecule has 0 atom stereocenters. The van der Waals surface area contributed by atoms with Gasteiger partial charge in [-0.15, -0.1) is 0 Å². The molecule has 0 N–H and O–H groups in total. The predicted octanol–water partition coefficient (Wildman–Crippen LogP) is 3.93. The highest BCUT2D eigenvalue weighted by atomic mass is 35.5. The topological polar surface area (TPSA) is 56.3 Å². The molecule has 21 heavy (non-hydrogen) atoms. The highest BCUT2D eigenvalue weighted by Crippen LogP contribution is 2.25. The van der Waals surface area contributed by atoms with Crippen LogP contribution < -0.4 is 4.18 Å². The van der Waals surface area contributed by atoms with Gasteiger partial charge in [-0.3, -0.25) is 0 Å². The molecule has 0 aliphatic carbocycles. The molecule has 1 aromatic heterocycles. The maximum Gasteiger partial charge on any atom is 0.340 e. The first-order chi connectivity index (χ1) is 9.78. The Morgan fingerprint density at radius 2 is 1.90 bits per heavy atom. The monoisotopic (exact) mass is 325 g/mol. The third-order valence-corrected chi connectivity index (χ3v) is 4.39. The Morgan fingerprint density at radius 1 is 1.19 bits per heavy atom. The highest BCUT2D eigenvalue weighted by molar-refractivity contribution is 7.87. The minimum absolute atomic E-state index is 0.0282. The van der Waals surface area contributed by atoms with Crippen molar-refractivity contribution in [3.63, 3.8) is 0 Å². The summed E-state index contributed by atoms with van der Waals surface area (Å²) in [5.74, 6) is 0.584. The zero-order valence-corrected chi connectivity index (χ0v) is 13.6. The van der Waals surface area contributed by atoms with Gasteiger partial charge in [0.1, 0.15) is 15.8 Å².